The van der Waals surface area contributed by atoms with E-state index in [4.69, 9.17) is 16.6 Å². The highest BCUT2D eigenvalue weighted by molar-refractivity contribution is 6.30. The zero-order valence-electron chi connectivity index (χ0n) is 15.4. The van der Waals surface area contributed by atoms with Gasteiger partial charge in [-0.15, -0.1) is 0 Å². The molecule has 1 aliphatic heterocycles. The van der Waals surface area contributed by atoms with E-state index in [-0.39, 0.29) is 0 Å². The van der Waals surface area contributed by atoms with Gasteiger partial charge in [-0.25, -0.2) is 0 Å². The maximum atomic E-state index is 11.3. The Hall–Kier alpha value is -2.17. The number of rotatable bonds is 2. The molecule has 1 aliphatic carbocycles. The molecular formula is C22H23ClN2O2. The molecule has 5 heteroatoms. The van der Waals surface area contributed by atoms with Crippen molar-refractivity contribution in [1.29, 1.82) is 0 Å². The van der Waals surface area contributed by atoms with E-state index in [1.807, 2.05) is 23.2 Å². The first-order chi connectivity index (χ1) is 13.0. The third-order valence-electron chi connectivity index (χ3n) is 5.79. The molecule has 1 aromatic heterocycles. The van der Waals surface area contributed by atoms with E-state index in [0.717, 1.165) is 49.5 Å². The van der Waals surface area contributed by atoms with Gasteiger partial charge in [-0.05, 0) is 67.5 Å². The topological polar surface area (TPSA) is 53.4 Å². The summed E-state index contributed by atoms with van der Waals surface area (Å²) in [5.74, 6) is -0.757. The van der Waals surface area contributed by atoms with E-state index in [1.165, 1.54) is 27.8 Å². The predicted molar refractivity (Wildman–Crippen MR) is 107 cm³/mol. The van der Waals surface area contributed by atoms with Crippen molar-refractivity contribution in [3.63, 3.8) is 0 Å². The molecule has 2 aliphatic rings. The molecule has 2 aromatic rings. The Balaban J connectivity index is 1.78. The van der Waals surface area contributed by atoms with Crippen molar-refractivity contribution in [2.45, 2.75) is 38.6 Å². The number of carboxylic acids is 1. The van der Waals surface area contributed by atoms with Gasteiger partial charge in [0.25, 0.3) is 0 Å². The minimum atomic E-state index is -0.757. The van der Waals surface area contributed by atoms with Crippen LogP contribution < -0.4 is 0 Å². The normalized spacial score (nSPS) is 18.4. The van der Waals surface area contributed by atoms with Crippen molar-refractivity contribution in [3.8, 4) is 0 Å². The van der Waals surface area contributed by atoms with Gasteiger partial charge >= 0.3 is 5.97 Å². The van der Waals surface area contributed by atoms with Crippen molar-refractivity contribution in [3.05, 3.63) is 69.5 Å². The summed E-state index contributed by atoms with van der Waals surface area (Å²) in [4.78, 5) is 18.1. The van der Waals surface area contributed by atoms with Crippen molar-refractivity contribution in [2.75, 3.05) is 13.1 Å². The first-order valence-corrected chi connectivity index (χ1v) is 9.84. The van der Waals surface area contributed by atoms with Gasteiger partial charge in [-0.3, -0.25) is 14.7 Å². The van der Waals surface area contributed by atoms with E-state index >= 15 is 0 Å². The van der Waals surface area contributed by atoms with Crippen LogP contribution in [0.5, 0.6) is 0 Å². The first kappa shape index (κ1) is 18.2. The molecule has 0 saturated carbocycles. The van der Waals surface area contributed by atoms with Crippen LogP contribution in [0.2, 0.25) is 5.02 Å². The van der Waals surface area contributed by atoms with Crippen LogP contribution in [0.25, 0.3) is 5.57 Å². The molecule has 1 unspecified atom stereocenters. The number of halogens is 1. The summed E-state index contributed by atoms with van der Waals surface area (Å²) in [7, 11) is 0. The fourth-order valence-corrected chi connectivity index (χ4v) is 4.42. The smallest absolute Gasteiger partial charge is 0.320 e. The number of nitrogens with zero attached hydrogens (tertiary/aromatic N) is 2. The number of piperidine rings is 1. The van der Waals surface area contributed by atoms with Gasteiger partial charge in [0.15, 0.2) is 0 Å². The lowest BCUT2D eigenvalue weighted by atomic mass is 9.88. The lowest BCUT2D eigenvalue weighted by Crippen LogP contribution is -2.42. The molecule has 1 N–H and O–H groups in total. The molecule has 1 aromatic carbocycles. The molecule has 1 saturated heterocycles. The second-order valence-electron chi connectivity index (χ2n) is 7.34. The van der Waals surface area contributed by atoms with Crippen LogP contribution in [-0.4, -0.2) is 40.1 Å². The maximum absolute atomic E-state index is 11.3. The number of carbonyl (C=O) groups is 1. The molecule has 1 fully saturated rings. The van der Waals surface area contributed by atoms with Gasteiger partial charge < -0.3 is 5.11 Å². The van der Waals surface area contributed by atoms with Crippen LogP contribution in [0.1, 0.15) is 42.1 Å². The van der Waals surface area contributed by atoms with Crippen LogP contribution in [0, 0.1) is 0 Å². The first-order valence-electron chi connectivity index (χ1n) is 9.46. The van der Waals surface area contributed by atoms with Gasteiger partial charge in [-0.2, -0.15) is 0 Å². The molecule has 2 heterocycles. The Bertz CT molecular complexity index is 912. The summed E-state index contributed by atoms with van der Waals surface area (Å²) in [6, 6.07) is 9.87. The van der Waals surface area contributed by atoms with E-state index in [0.29, 0.717) is 0 Å². The Morgan fingerprint density at radius 1 is 1.15 bits per heavy atom. The van der Waals surface area contributed by atoms with E-state index in [9.17, 15) is 9.90 Å². The number of likely N-dealkylation sites (tertiary alicyclic amines) is 1. The average molecular weight is 383 g/mol. The number of aryl methyl sites for hydroxylation is 2. The van der Waals surface area contributed by atoms with E-state index in [1.54, 1.807) is 6.92 Å². The van der Waals surface area contributed by atoms with Crippen LogP contribution >= 0.6 is 11.6 Å². The Kier molecular flexibility index (Phi) is 5.02. The molecule has 4 rings (SSSR count). The fraction of sp³-hybridized carbons (Fsp3) is 0.364. The van der Waals surface area contributed by atoms with Crippen molar-refractivity contribution in [1.82, 2.24) is 9.88 Å². The quantitative estimate of drug-likeness (QED) is 0.845. The summed E-state index contributed by atoms with van der Waals surface area (Å²) in [5.41, 5.74) is 7.45. The number of fused-ring (bicyclic) bond motifs is 2. The molecule has 140 valence electrons. The Morgan fingerprint density at radius 2 is 1.89 bits per heavy atom. The summed E-state index contributed by atoms with van der Waals surface area (Å²) < 4.78 is 0. The highest BCUT2D eigenvalue weighted by atomic mass is 35.5. The molecule has 0 radical (unpaired) electrons. The van der Waals surface area contributed by atoms with Crippen molar-refractivity contribution in [2.24, 2.45) is 0 Å². The highest BCUT2D eigenvalue weighted by Crippen LogP contribution is 2.38. The molecule has 4 nitrogen and oxygen atoms in total. The number of pyridine rings is 1. The SMILES string of the molecule is CC(C(=O)O)N1CCC(=C2c3ccc(Cl)cc3CCc3cccnc32)CC1. The number of aliphatic carboxylic acids is 1. The van der Waals surface area contributed by atoms with Crippen LogP contribution in [-0.2, 0) is 17.6 Å². The molecule has 27 heavy (non-hydrogen) atoms. The van der Waals surface area contributed by atoms with Crippen molar-refractivity contribution >= 4 is 23.1 Å². The number of carboxylic acid groups (broad SMARTS) is 1. The molecule has 0 spiro atoms. The van der Waals surface area contributed by atoms with E-state index < -0.39 is 12.0 Å². The Morgan fingerprint density at radius 3 is 2.63 bits per heavy atom. The standard InChI is InChI=1S/C22H23ClN2O2/c1-14(22(26)27)25-11-8-15(9-12-25)20-19-7-6-18(23)13-17(19)5-4-16-3-2-10-24-21(16)20/h2-3,6-7,10,13-14H,4-5,8-9,11-12H2,1H3,(H,26,27). The summed E-state index contributed by atoms with van der Waals surface area (Å²) >= 11 is 6.26. The lowest BCUT2D eigenvalue weighted by molar-refractivity contribution is -0.142. The third-order valence-corrected chi connectivity index (χ3v) is 6.02. The third kappa shape index (κ3) is 3.52. The summed E-state index contributed by atoms with van der Waals surface area (Å²) in [5, 5.41) is 10.1. The molecular weight excluding hydrogens is 360 g/mol. The minimum Gasteiger partial charge on any atom is -0.480 e. The highest BCUT2D eigenvalue weighted by Gasteiger charge is 2.28. The van der Waals surface area contributed by atoms with Gasteiger partial charge in [-0.1, -0.05) is 29.3 Å². The van der Waals surface area contributed by atoms with Crippen LogP contribution in [0.15, 0.2) is 42.1 Å². The largest absolute Gasteiger partial charge is 0.480 e. The zero-order valence-corrected chi connectivity index (χ0v) is 16.2. The van der Waals surface area contributed by atoms with Gasteiger partial charge in [0.2, 0.25) is 0 Å². The van der Waals surface area contributed by atoms with Crippen molar-refractivity contribution < 1.29 is 9.90 Å². The average Bonchev–Trinajstić information content (AvgIpc) is 2.84. The van der Waals surface area contributed by atoms with Gasteiger partial charge in [0.05, 0.1) is 5.69 Å². The van der Waals surface area contributed by atoms with E-state index in [2.05, 4.69) is 18.2 Å². The second-order valence-corrected chi connectivity index (χ2v) is 7.78. The Labute approximate surface area is 164 Å². The van der Waals surface area contributed by atoms with Gasteiger partial charge in [0, 0.05) is 29.9 Å². The summed E-state index contributed by atoms with van der Waals surface area (Å²) in [6.45, 7) is 3.29. The minimum absolute atomic E-state index is 0.442. The molecule has 0 amide bonds. The fourth-order valence-electron chi connectivity index (χ4n) is 4.22. The van der Waals surface area contributed by atoms with Gasteiger partial charge in [0.1, 0.15) is 6.04 Å². The zero-order chi connectivity index (χ0) is 19.0. The molecule has 0 bridgehead atoms. The number of aromatic nitrogens is 1. The number of benzene rings is 1. The predicted octanol–water partition coefficient (Wildman–Crippen LogP) is 4.20. The van der Waals surface area contributed by atoms with Crippen LogP contribution in [0.3, 0.4) is 0 Å². The summed E-state index contributed by atoms with van der Waals surface area (Å²) in [6.07, 6.45) is 5.50. The number of hydrogen-bond donors (Lipinski definition) is 1. The maximum Gasteiger partial charge on any atom is 0.320 e. The second kappa shape index (κ2) is 7.45. The lowest BCUT2D eigenvalue weighted by Gasteiger charge is -2.32. The molecule has 1 atom stereocenters. The number of hydrogen-bond acceptors (Lipinski definition) is 3. The monoisotopic (exact) mass is 382 g/mol. The van der Waals surface area contributed by atoms with Crippen LogP contribution in [0.4, 0.5) is 0 Å².